The molecule has 0 heterocycles. The van der Waals surface area contributed by atoms with Crippen LogP contribution in [0.3, 0.4) is 0 Å². The Morgan fingerprint density at radius 1 is 0.818 bits per heavy atom. The molecule has 0 spiro atoms. The molecule has 0 saturated carbocycles. The van der Waals surface area contributed by atoms with Crippen LogP contribution >= 0.6 is 19.3 Å². The van der Waals surface area contributed by atoms with Gasteiger partial charge in [0.25, 0.3) is 0 Å². The Labute approximate surface area is 86.9 Å². The van der Waals surface area contributed by atoms with Gasteiger partial charge >= 0.3 is 34.7 Å². The van der Waals surface area contributed by atoms with E-state index in [2.05, 4.69) is 13.8 Å². The van der Waals surface area contributed by atoms with Gasteiger partial charge in [0.15, 0.2) is 0 Å². The topological polar surface area (TPSA) is 0 Å². The summed E-state index contributed by atoms with van der Waals surface area (Å²) in [6.45, 7) is 4.51. The maximum absolute atomic E-state index is 4.95. The van der Waals surface area contributed by atoms with Crippen molar-refractivity contribution in [2.75, 3.05) is 0 Å². The van der Waals surface area contributed by atoms with E-state index in [-0.39, 0.29) is 0 Å². The molecule has 0 bridgehead atoms. The van der Waals surface area contributed by atoms with Gasteiger partial charge in [0.1, 0.15) is 0 Å². The van der Waals surface area contributed by atoms with E-state index in [0.29, 0.717) is 0 Å². The van der Waals surface area contributed by atoms with Crippen molar-refractivity contribution in [1.29, 1.82) is 0 Å². The molecule has 0 N–H and O–H groups in total. The van der Waals surface area contributed by atoms with E-state index in [1.807, 2.05) is 0 Å². The average molecular weight is 256 g/mol. The van der Waals surface area contributed by atoms with Gasteiger partial charge < -0.3 is 0 Å². The maximum atomic E-state index is 4.95. The van der Waals surface area contributed by atoms with Crippen LogP contribution < -0.4 is 0 Å². The van der Waals surface area contributed by atoms with Gasteiger partial charge in [0, 0.05) is 0 Å². The van der Waals surface area contributed by atoms with Gasteiger partial charge in [-0.3, -0.25) is 0 Å². The normalized spacial score (nSPS) is 8.36. The van der Waals surface area contributed by atoms with Crippen molar-refractivity contribution in [1.82, 2.24) is 0 Å². The van der Waals surface area contributed by atoms with E-state index in [1.165, 1.54) is 38.5 Å². The third kappa shape index (κ3) is 24.7. The standard InChI is InChI=1S/C8H18.2ClH.Ga.H/c1-3-5-7-8-6-4-2;;;;/h3-8H2,1-2H3;2*1H;;/q;;;+2;/p-2. The SMILES string of the molecule is CCCCCCCC.[Cl][GaH][Cl]. The molecule has 0 fully saturated rings. The first-order valence-electron chi connectivity index (χ1n) is 4.45. The Morgan fingerprint density at radius 3 is 1.27 bits per heavy atom. The molecule has 0 aliphatic carbocycles. The molecule has 0 nitrogen and oxygen atoms in total. The molecule has 0 radical (unpaired) electrons. The zero-order chi connectivity index (χ0) is 8.95. The Kier molecular flexibility index (Phi) is 23.2. The second-order valence-electron chi connectivity index (χ2n) is 2.52. The number of rotatable bonds is 5. The monoisotopic (exact) mass is 254 g/mol. The second-order valence-corrected chi connectivity index (χ2v) is 7.14. The Hall–Kier alpha value is 1.22. The van der Waals surface area contributed by atoms with Crippen molar-refractivity contribution >= 4 is 34.7 Å². The van der Waals surface area contributed by atoms with Crippen molar-refractivity contribution in [3.63, 3.8) is 0 Å². The number of unbranched alkanes of at least 4 members (excludes halogenated alkanes) is 5. The van der Waals surface area contributed by atoms with Crippen molar-refractivity contribution in [2.24, 2.45) is 0 Å². The zero-order valence-corrected chi connectivity index (χ0v) is 12.2. The molecule has 0 aromatic heterocycles. The third-order valence-corrected chi connectivity index (χ3v) is 1.46. The van der Waals surface area contributed by atoms with Crippen LogP contribution in [-0.4, -0.2) is 15.4 Å². The summed E-state index contributed by atoms with van der Waals surface area (Å²) < 4.78 is 0. The molecule has 11 heavy (non-hydrogen) atoms. The van der Waals surface area contributed by atoms with Crippen LogP contribution in [0.5, 0.6) is 0 Å². The third-order valence-electron chi connectivity index (χ3n) is 1.46. The van der Waals surface area contributed by atoms with Gasteiger partial charge in [0.2, 0.25) is 0 Å². The molecule has 0 rings (SSSR count). The summed E-state index contributed by atoms with van der Waals surface area (Å²) in [7, 11) is 9.90. The van der Waals surface area contributed by atoms with E-state index in [9.17, 15) is 0 Å². The summed E-state index contributed by atoms with van der Waals surface area (Å²) in [4.78, 5) is 0. The van der Waals surface area contributed by atoms with E-state index < -0.39 is 15.4 Å². The predicted molar refractivity (Wildman–Crippen MR) is 57.9 cm³/mol. The summed E-state index contributed by atoms with van der Waals surface area (Å²) >= 11 is -0.931. The molecular weight excluding hydrogens is 237 g/mol. The summed E-state index contributed by atoms with van der Waals surface area (Å²) in [6, 6.07) is 0. The van der Waals surface area contributed by atoms with Crippen LogP contribution in [0.2, 0.25) is 0 Å². The van der Waals surface area contributed by atoms with Crippen LogP contribution in [0.15, 0.2) is 0 Å². The fraction of sp³-hybridized carbons (Fsp3) is 1.00. The molecule has 0 aliphatic heterocycles. The number of hydrogen-bond donors (Lipinski definition) is 0. The zero-order valence-electron chi connectivity index (χ0n) is 7.71. The molecule has 0 unspecified atom stereocenters. The summed E-state index contributed by atoms with van der Waals surface area (Å²) in [5, 5.41) is 0. The van der Waals surface area contributed by atoms with Crippen molar-refractivity contribution in [3.05, 3.63) is 0 Å². The molecule has 0 aromatic rings. The van der Waals surface area contributed by atoms with Gasteiger partial charge in [-0.25, -0.2) is 0 Å². The summed E-state index contributed by atoms with van der Waals surface area (Å²) in [6.07, 6.45) is 8.49. The molecule has 0 saturated heterocycles. The van der Waals surface area contributed by atoms with Gasteiger partial charge in [-0.1, -0.05) is 52.4 Å². The molecular formula is C8H19Cl2Ga. The molecule has 0 atom stereocenters. The van der Waals surface area contributed by atoms with Gasteiger partial charge in [-0.05, 0) is 0 Å². The van der Waals surface area contributed by atoms with Crippen LogP contribution in [-0.2, 0) is 0 Å². The van der Waals surface area contributed by atoms with Crippen molar-refractivity contribution in [2.45, 2.75) is 52.4 Å². The van der Waals surface area contributed by atoms with Crippen LogP contribution in [0, 0.1) is 0 Å². The second kappa shape index (κ2) is 17.3. The minimum absolute atomic E-state index is 0.931. The van der Waals surface area contributed by atoms with E-state index >= 15 is 0 Å². The number of hydrogen-bond acceptors (Lipinski definition) is 0. The number of halogens is 2. The van der Waals surface area contributed by atoms with Gasteiger partial charge in [-0.15, -0.1) is 0 Å². The predicted octanol–water partition coefficient (Wildman–Crippen LogP) is 4.10. The average Bonchev–Trinajstić information content (AvgIpc) is 2.00. The fourth-order valence-corrected chi connectivity index (χ4v) is 0.854. The van der Waals surface area contributed by atoms with Crippen molar-refractivity contribution in [3.8, 4) is 0 Å². The summed E-state index contributed by atoms with van der Waals surface area (Å²) in [5.41, 5.74) is 0. The molecule has 0 amide bonds. The molecule has 0 aliphatic rings. The Bertz CT molecular complexity index is 45.4. The van der Waals surface area contributed by atoms with Crippen LogP contribution in [0.1, 0.15) is 52.4 Å². The van der Waals surface area contributed by atoms with Gasteiger partial charge in [-0.2, -0.15) is 0 Å². The van der Waals surface area contributed by atoms with Gasteiger partial charge in [0.05, 0.1) is 0 Å². The quantitative estimate of drug-likeness (QED) is 0.513. The van der Waals surface area contributed by atoms with Crippen LogP contribution in [0.4, 0.5) is 0 Å². The first-order chi connectivity index (χ1) is 5.33. The molecule has 68 valence electrons. The molecule has 3 heteroatoms. The Morgan fingerprint density at radius 2 is 1.09 bits per heavy atom. The Balaban J connectivity index is 0. The summed E-state index contributed by atoms with van der Waals surface area (Å²) in [5.74, 6) is 0. The van der Waals surface area contributed by atoms with Crippen molar-refractivity contribution < 1.29 is 0 Å². The van der Waals surface area contributed by atoms with Crippen LogP contribution in [0.25, 0.3) is 0 Å². The fourth-order valence-electron chi connectivity index (χ4n) is 0.854. The van der Waals surface area contributed by atoms with E-state index in [4.69, 9.17) is 19.3 Å². The first kappa shape index (κ1) is 14.7. The molecule has 0 aromatic carbocycles. The van der Waals surface area contributed by atoms with E-state index in [0.717, 1.165) is 0 Å². The van der Waals surface area contributed by atoms with E-state index in [1.54, 1.807) is 0 Å². The first-order valence-corrected chi connectivity index (χ1v) is 12.2. The minimum atomic E-state index is -0.931.